The summed E-state index contributed by atoms with van der Waals surface area (Å²) in [6.07, 6.45) is 2.47. The van der Waals surface area contributed by atoms with Crippen LogP contribution in [0.4, 0.5) is 17.5 Å². The van der Waals surface area contributed by atoms with Gasteiger partial charge in [-0.25, -0.2) is 0 Å². The highest BCUT2D eigenvalue weighted by molar-refractivity contribution is 6.30. The van der Waals surface area contributed by atoms with Crippen molar-refractivity contribution in [2.24, 2.45) is 0 Å². The molecule has 0 aliphatic carbocycles. The third-order valence-corrected chi connectivity index (χ3v) is 4.25. The molecule has 0 bridgehead atoms. The summed E-state index contributed by atoms with van der Waals surface area (Å²) in [5, 5.41) is 15.3. The normalized spacial score (nSPS) is 10.5. The summed E-state index contributed by atoms with van der Waals surface area (Å²) in [6.45, 7) is 4.88. The Bertz CT molecular complexity index is 866. The number of aryl methyl sites for hydroxylation is 1. The maximum Gasteiger partial charge on any atom is 0.249 e. The molecule has 0 saturated heterocycles. The van der Waals surface area contributed by atoms with Crippen LogP contribution in [0.25, 0.3) is 0 Å². The maximum absolute atomic E-state index is 6.00. The van der Waals surface area contributed by atoms with E-state index in [1.54, 1.807) is 6.20 Å². The first-order chi connectivity index (χ1) is 12.1. The molecule has 0 atom stereocenters. The third-order valence-electron chi connectivity index (χ3n) is 4.02. The molecule has 0 amide bonds. The molecule has 25 heavy (non-hydrogen) atoms. The van der Waals surface area contributed by atoms with E-state index >= 15 is 0 Å². The van der Waals surface area contributed by atoms with E-state index in [0.717, 1.165) is 23.7 Å². The molecule has 1 aromatic heterocycles. The molecule has 6 heteroatoms. The molecule has 0 radical (unpaired) electrons. The number of nitrogens with zero attached hydrogens (tertiary/aromatic N) is 3. The Kier molecular flexibility index (Phi) is 5.46. The first kappa shape index (κ1) is 17.2. The second-order valence-electron chi connectivity index (χ2n) is 5.84. The Morgan fingerprint density at radius 1 is 1.08 bits per heavy atom. The Morgan fingerprint density at radius 2 is 1.92 bits per heavy atom. The minimum absolute atomic E-state index is 0.474. The molecule has 3 aromatic rings. The first-order valence-electron chi connectivity index (χ1n) is 8.13. The monoisotopic (exact) mass is 353 g/mol. The number of nitrogens with one attached hydrogen (secondary N) is 2. The Morgan fingerprint density at radius 3 is 2.76 bits per heavy atom. The lowest BCUT2D eigenvalue weighted by molar-refractivity contribution is 0.950. The van der Waals surface area contributed by atoms with Crippen LogP contribution < -0.4 is 10.6 Å². The molecule has 3 rings (SSSR count). The molecule has 1 heterocycles. The minimum atomic E-state index is 0.474. The van der Waals surface area contributed by atoms with Gasteiger partial charge in [-0.15, -0.1) is 5.10 Å². The molecular weight excluding hydrogens is 334 g/mol. The standard InChI is InChI=1S/C19H20ClN5/c1-13-5-3-8-17(14(13)2)23-19-24-18(12-22-25-19)21-10-9-15-6-4-7-16(20)11-15/h3-8,11-12H,9-10H2,1-2H3,(H2,21,23,24,25). The van der Waals surface area contributed by atoms with E-state index in [1.807, 2.05) is 30.3 Å². The highest BCUT2D eigenvalue weighted by Gasteiger charge is 2.05. The van der Waals surface area contributed by atoms with Crippen LogP contribution in [0.1, 0.15) is 16.7 Å². The summed E-state index contributed by atoms with van der Waals surface area (Å²) in [5.74, 6) is 1.16. The highest BCUT2D eigenvalue weighted by atomic mass is 35.5. The van der Waals surface area contributed by atoms with Crippen LogP contribution in [0.15, 0.2) is 48.7 Å². The van der Waals surface area contributed by atoms with Gasteiger partial charge in [-0.2, -0.15) is 10.1 Å². The second-order valence-corrected chi connectivity index (χ2v) is 6.28. The van der Waals surface area contributed by atoms with Crippen LogP contribution in [0.3, 0.4) is 0 Å². The van der Waals surface area contributed by atoms with Crippen molar-refractivity contribution in [2.45, 2.75) is 20.3 Å². The van der Waals surface area contributed by atoms with Gasteiger partial charge in [0.05, 0.1) is 6.20 Å². The van der Waals surface area contributed by atoms with Crippen molar-refractivity contribution in [3.63, 3.8) is 0 Å². The number of hydrogen-bond acceptors (Lipinski definition) is 5. The lowest BCUT2D eigenvalue weighted by atomic mass is 10.1. The van der Waals surface area contributed by atoms with Gasteiger partial charge in [0.15, 0.2) is 5.82 Å². The summed E-state index contributed by atoms with van der Waals surface area (Å²) in [7, 11) is 0. The van der Waals surface area contributed by atoms with Crippen molar-refractivity contribution < 1.29 is 0 Å². The number of halogens is 1. The highest BCUT2D eigenvalue weighted by Crippen LogP contribution is 2.21. The predicted molar refractivity (Wildman–Crippen MR) is 103 cm³/mol. The smallest absolute Gasteiger partial charge is 0.249 e. The average Bonchev–Trinajstić information content (AvgIpc) is 2.60. The van der Waals surface area contributed by atoms with Crippen LogP contribution in [0, 0.1) is 13.8 Å². The van der Waals surface area contributed by atoms with Gasteiger partial charge in [-0.3, -0.25) is 0 Å². The van der Waals surface area contributed by atoms with Gasteiger partial charge in [-0.1, -0.05) is 35.9 Å². The summed E-state index contributed by atoms with van der Waals surface area (Å²) in [5.41, 5.74) is 4.55. The number of benzene rings is 2. The lowest BCUT2D eigenvalue weighted by Crippen LogP contribution is -2.09. The van der Waals surface area contributed by atoms with Crippen molar-refractivity contribution in [1.29, 1.82) is 0 Å². The van der Waals surface area contributed by atoms with E-state index in [1.165, 1.54) is 16.7 Å². The van der Waals surface area contributed by atoms with E-state index in [-0.39, 0.29) is 0 Å². The molecule has 0 spiro atoms. The van der Waals surface area contributed by atoms with Gasteiger partial charge in [-0.05, 0) is 55.2 Å². The zero-order valence-corrected chi connectivity index (χ0v) is 15.0. The number of aromatic nitrogens is 3. The van der Waals surface area contributed by atoms with E-state index in [4.69, 9.17) is 11.6 Å². The Labute approximate surface area is 152 Å². The van der Waals surface area contributed by atoms with E-state index in [2.05, 4.69) is 51.8 Å². The summed E-state index contributed by atoms with van der Waals surface area (Å²) in [6, 6.07) is 13.9. The molecule has 2 aromatic carbocycles. The maximum atomic E-state index is 6.00. The Hall–Kier alpha value is -2.66. The molecule has 128 valence electrons. The molecule has 0 aliphatic heterocycles. The molecule has 2 N–H and O–H groups in total. The molecule has 0 unspecified atom stereocenters. The van der Waals surface area contributed by atoms with Crippen molar-refractivity contribution in [1.82, 2.24) is 15.2 Å². The van der Waals surface area contributed by atoms with E-state index in [0.29, 0.717) is 11.8 Å². The fraction of sp³-hybridized carbons (Fsp3) is 0.211. The van der Waals surface area contributed by atoms with Gasteiger partial charge in [0.2, 0.25) is 5.95 Å². The summed E-state index contributed by atoms with van der Waals surface area (Å²) < 4.78 is 0. The molecule has 0 fully saturated rings. The van der Waals surface area contributed by atoms with Gasteiger partial charge >= 0.3 is 0 Å². The van der Waals surface area contributed by atoms with Gasteiger partial charge in [0, 0.05) is 17.3 Å². The predicted octanol–water partition coefficient (Wildman–Crippen LogP) is 4.54. The fourth-order valence-electron chi connectivity index (χ4n) is 2.48. The quantitative estimate of drug-likeness (QED) is 0.681. The number of rotatable bonds is 6. The molecule has 0 aliphatic rings. The second kappa shape index (κ2) is 7.94. The fourth-order valence-corrected chi connectivity index (χ4v) is 2.69. The number of anilines is 3. The van der Waals surface area contributed by atoms with E-state index in [9.17, 15) is 0 Å². The molecular formula is C19H20ClN5. The van der Waals surface area contributed by atoms with Gasteiger partial charge in [0.1, 0.15) is 0 Å². The van der Waals surface area contributed by atoms with Crippen LogP contribution in [-0.2, 0) is 6.42 Å². The van der Waals surface area contributed by atoms with Crippen molar-refractivity contribution in [3.8, 4) is 0 Å². The van der Waals surface area contributed by atoms with Gasteiger partial charge in [0.25, 0.3) is 0 Å². The largest absolute Gasteiger partial charge is 0.368 e. The number of hydrogen-bond donors (Lipinski definition) is 2. The van der Waals surface area contributed by atoms with Crippen molar-refractivity contribution in [2.75, 3.05) is 17.2 Å². The topological polar surface area (TPSA) is 62.7 Å². The third kappa shape index (κ3) is 4.67. The lowest BCUT2D eigenvalue weighted by Gasteiger charge is -2.11. The molecule has 5 nitrogen and oxygen atoms in total. The summed E-state index contributed by atoms with van der Waals surface area (Å²) >= 11 is 6.00. The average molecular weight is 354 g/mol. The van der Waals surface area contributed by atoms with Crippen LogP contribution >= 0.6 is 11.6 Å². The Balaban J connectivity index is 1.62. The van der Waals surface area contributed by atoms with E-state index < -0.39 is 0 Å². The van der Waals surface area contributed by atoms with Crippen LogP contribution in [0.5, 0.6) is 0 Å². The summed E-state index contributed by atoms with van der Waals surface area (Å²) in [4.78, 5) is 4.47. The minimum Gasteiger partial charge on any atom is -0.368 e. The first-order valence-corrected chi connectivity index (χ1v) is 8.51. The SMILES string of the molecule is Cc1cccc(Nc2nncc(NCCc3cccc(Cl)c3)n2)c1C. The van der Waals surface area contributed by atoms with Crippen molar-refractivity contribution in [3.05, 3.63) is 70.4 Å². The zero-order chi connectivity index (χ0) is 17.6. The van der Waals surface area contributed by atoms with Gasteiger partial charge < -0.3 is 10.6 Å². The van der Waals surface area contributed by atoms with Crippen molar-refractivity contribution >= 4 is 29.1 Å². The van der Waals surface area contributed by atoms with Crippen LogP contribution in [0.2, 0.25) is 5.02 Å². The molecule has 0 saturated carbocycles. The van der Waals surface area contributed by atoms with Crippen LogP contribution in [-0.4, -0.2) is 21.7 Å². The zero-order valence-electron chi connectivity index (χ0n) is 14.3.